The number of amides is 2. The molecule has 2 aromatic heterocycles. The first-order valence-electron chi connectivity index (χ1n) is 10.8. The summed E-state index contributed by atoms with van der Waals surface area (Å²) in [6.07, 6.45) is 3.10. The second-order valence-electron chi connectivity index (χ2n) is 7.83. The lowest BCUT2D eigenvalue weighted by atomic mass is 10.1. The molecule has 35 heavy (non-hydrogen) atoms. The molecule has 2 amide bonds. The van der Waals surface area contributed by atoms with Crippen molar-refractivity contribution in [2.24, 2.45) is 7.05 Å². The molecule has 4 rings (SSSR count). The highest BCUT2D eigenvalue weighted by atomic mass is 32.2. The molecule has 2 N–H and O–H groups in total. The minimum absolute atomic E-state index is 0.172. The molecule has 0 radical (unpaired) electrons. The van der Waals surface area contributed by atoms with Crippen molar-refractivity contribution in [2.75, 3.05) is 16.4 Å². The Morgan fingerprint density at radius 2 is 1.86 bits per heavy atom. The molecule has 4 aromatic rings. The Morgan fingerprint density at radius 1 is 1.00 bits per heavy atom. The Labute approximate surface area is 206 Å². The zero-order chi connectivity index (χ0) is 24.8. The van der Waals surface area contributed by atoms with Crippen LogP contribution in [0.1, 0.15) is 21.5 Å². The molecule has 0 aliphatic heterocycles. The molecular formula is C25H24N6O3S. The van der Waals surface area contributed by atoms with Crippen LogP contribution in [0, 0.1) is 13.8 Å². The molecule has 2 heterocycles. The van der Waals surface area contributed by atoms with Crippen molar-refractivity contribution in [3.63, 3.8) is 0 Å². The summed E-state index contributed by atoms with van der Waals surface area (Å²) >= 11 is 1.28. The van der Waals surface area contributed by atoms with Crippen LogP contribution in [0.5, 0.6) is 11.6 Å². The molecule has 0 bridgehead atoms. The number of carbonyl (C=O) groups is 2. The Morgan fingerprint density at radius 3 is 2.57 bits per heavy atom. The molecule has 10 heteroatoms. The number of hydrogen-bond acceptors (Lipinski definition) is 7. The van der Waals surface area contributed by atoms with E-state index in [-0.39, 0.29) is 17.6 Å². The van der Waals surface area contributed by atoms with Gasteiger partial charge in [0.2, 0.25) is 11.8 Å². The van der Waals surface area contributed by atoms with Gasteiger partial charge in [0.25, 0.3) is 5.91 Å². The van der Waals surface area contributed by atoms with E-state index in [4.69, 9.17) is 4.74 Å². The van der Waals surface area contributed by atoms with Gasteiger partial charge in [0.15, 0.2) is 5.16 Å². The number of aryl methyl sites for hydroxylation is 3. The number of anilines is 2. The van der Waals surface area contributed by atoms with E-state index >= 15 is 0 Å². The van der Waals surface area contributed by atoms with Crippen LogP contribution in [0.25, 0.3) is 0 Å². The fraction of sp³-hybridized carbons (Fsp3) is 0.160. The highest BCUT2D eigenvalue weighted by Crippen LogP contribution is 2.23. The summed E-state index contributed by atoms with van der Waals surface area (Å²) in [6, 6.07) is 16.0. The van der Waals surface area contributed by atoms with Crippen LogP contribution in [-0.2, 0) is 11.8 Å². The van der Waals surface area contributed by atoms with E-state index in [1.54, 1.807) is 47.3 Å². The maximum Gasteiger partial charge on any atom is 0.255 e. The third-order valence-corrected chi connectivity index (χ3v) is 6.14. The first-order valence-corrected chi connectivity index (χ1v) is 11.7. The van der Waals surface area contributed by atoms with Gasteiger partial charge in [-0.15, -0.1) is 10.2 Å². The molecule has 178 valence electrons. The number of carbonyl (C=O) groups excluding carboxylic acids is 2. The van der Waals surface area contributed by atoms with E-state index in [1.165, 1.54) is 23.5 Å². The molecular weight excluding hydrogens is 464 g/mol. The average Bonchev–Trinajstić information content (AvgIpc) is 3.26. The third kappa shape index (κ3) is 6.45. The Balaban J connectivity index is 1.33. The summed E-state index contributed by atoms with van der Waals surface area (Å²) < 4.78 is 7.52. The predicted octanol–water partition coefficient (Wildman–Crippen LogP) is 4.60. The van der Waals surface area contributed by atoms with Crippen molar-refractivity contribution in [2.45, 2.75) is 19.0 Å². The number of thioether (sulfide) groups is 1. The second-order valence-corrected chi connectivity index (χ2v) is 8.77. The maximum atomic E-state index is 12.7. The summed E-state index contributed by atoms with van der Waals surface area (Å²) in [5.74, 6) is 0.769. The molecule has 9 nitrogen and oxygen atoms in total. The SMILES string of the molecule is Cc1ccc(Oc2ccc(NC(=O)c3cccc(NC(=O)CSc4nncn4C)c3)cn2)cc1C. The normalized spacial score (nSPS) is 10.6. The van der Waals surface area contributed by atoms with Gasteiger partial charge in [0.1, 0.15) is 12.1 Å². The largest absolute Gasteiger partial charge is 0.439 e. The zero-order valence-electron chi connectivity index (χ0n) is 19.5. The predicted molar refractivity (Wildman–Crippen MR) is 135 cm³/mol. The average molecular weight is 489 g/mol. The lowest BCUT2D eigenvalue weighted by molar-refractivity contribution is -0.113. The summed E-state index contributed by atoms with van der Waals surface area (Å²) in [6.45, 7) is 4.06. The number of pyridine rings is 1. The summed E-state index contributed by atoms with van der Waals surface area (Å²) in [5, 5.41) is 14.0. The van der Waals surface area contributed by atoms with Crippen molar-refractivity contribution in [1.82, 2.24) is 19.7 Å². The summed E-state index contributed by atoms with van der Waals surface area (Å²) in [4.78, 5) is 29.3. The molecule has 2 aromatic carbocycles. The van der Waals surface area contributed by atoms with Gasteiger partial charge in [-0.05, 0) is 61.4 Å². The van der Waals surface area contributed by atoms with Crippen molar-refractivity contribution in [1.29, 1.82) is 0 Å². The topological polar surface area (TPSA) is 111 Å². The lowest BCUT2D eigenvalue weighted by Crippen LogP contribution is -2.16. The van der Waals surface area contributed by atoms with Crippen LogP contribution < -0.4 is 15.4 Å². The highest BCUT2D eigenvalue weighted by Gasteiger charge is 2.11. The summed E-state index contributed by atoms with van der Waals surface area (Å²) in [7, 11) is 1.81. The number of ether oxygens (including phenoxy) is 1. The van der Waals surface area contributed by atoms with Crippen LogP contribution in [-0.4, -0.2) is 37.3 Å². The maximum absolute atomic E-state index is 12.7. The Kier molecular flexibility index (Phi) is 7.41. The molecule has 0 atom stereocenters. The van der Waals surface area contributed by atoms with Gasteiger partial charge in [-0.25, -0.2) is 4.98 Å². The van der Waals surface area contributed by atoms with E-state index in [0.29, 0.717) is 33.7 Å². The Bertz CT molecular complexity index is 1350. The van der Waals surface area contributed by atoms with Crippen LogP contribution in [0.2, 0.25) is 0 Å². The zero-order valence-corrected chi connectivity index (χ0v) is 20.3. The van der Waals surface area contributed by atoms with Gasteiger partial charge in [0.05, 0.1) is 17.6 Å². The standard InChI is InChI=1S/C25H24N6O3S/c1-16-7-9-21(11-17(16)2)34-23-10-8-20(13-26-23)29-24(33)18-5-4-6-19(12-18)28-22(32)14-35-25-30-27-15-31(25)3/h4-13,15H,14H2,1-3H3,(H,28,32)(H,29,33). The molecule has 0 saturated heterocycles. The molecule has 0 fully saturated rings. The molecule has 0 aliphatic carbocycles. The van der Waals surface area contributed by atoms with Gasteiger partial charge in [-0.1, -0.05) is 23.9 Å². The second kappa shape index (κ2) is 10.8. The number of benzene rings is 2. The van der Waals surface area contributed by atoms with Gasteiger partial charge in [0, 0.05) is 24.4 Å². The minimum Gasteiger partial charge on any atom is -0.439 e. The number of rotatable bonds is 8. The van der Waals surface area contributed by atoms with Crippen molar-refractivity contribution in [3.8, 4) is 11.6 Å². The Hall–Kier alpha value is -4.18. The van der Waals surface area contributed by atoms with E-state index in [2.05, 4.69) is 25.8 Å². The van der Waals surface area contributed by atoms with Crippen LogP contribution in [0.4, 0.5) is 11.4 Å². The third-order valence-electron chi connectivity index (χ3n) is 5.11. The van der Waals surface area contributed by atoms with Gasteiger partial charge < -0.3 is 19.9 Å². The van der Waals surface area contributed by atoms with E-state index in [1.807, 2.05) is 39.1 Å². The van der Waals surface area contributed by atoms with Gasteiger partial charge in [-0.3, -0.25) is 9.59 Å². The highest BCUT2D eigenvalue weighted by molar-refractivity contribution is 7.99. The van der Waals surface area contributed by atoms with Crippen LogP contribution in [0.15, 0.2) is 72.3 Å². The van der Waals surface area contributed by atoms with Crippen molar-refractivity contribution in [3.05, 3.63) is 83.8 Å². The molecule has 0 unspecified atom stereocenters. The molecule has 0 aliphatic rings. The van der Waals surface area contributed by atoms with Gasteiger partial charge >= 0.3 is 0 Å². The van der Waals surface area contributed by atoms with E-state index in [9.17, 15) is 9.59 Å². The number of aromatic nitrogens is 4. The minimum atomic E-state index is -0.320. The van der Waals surface area contributed by atoms with Crippen molar-refractivity contribution >= 4 is 35.0 Å². The number of hydrogen-bond donors (Lipinski definition) is 2. The first kappa shape index (κ1) is 24.0. The van der Waals surface area contributed by atoms with Gasteiger partial charge in [-0.2, -0.15) is 0 Å². The van der Waals surface area contributed by atoms with E-state index < -0.39 is 0 Å². The quantitative estimate of drug-likeness (QED) is 0.349. The first-order chi connectivity index (χ1) is 16.9. The van der Waals surface area contributed by atoms with E-state index in [0.717, 1.165) is 5.56 Å². The van der Waals surface area contributed by atoms with Crippen LogP contribution in [0.3, 0.4) is 0 Å². The fourth-order valence-corrected chi connectivity index (χ4v) is 3.77. The van der Waals surface area contributed by atoms with Crippen molar-refractivity contribution < 1.29 is 14.3 Å². The monoisotopic (exact) mass is 488 g/mol. The number of nitrogens with one attached hydrogen (secondary N) is 2. The smallest absolute Gasteiger partial charge is 0.255 e. The van der Waals surface area contributed by atoms with Crippen LogP contribution >= 0.6 is 11.8 Å². The lowest BCUT2D eigenvalue weighted by Gasteiger charge is -2.10. The number of nitrogens with zero attached hydrogens (tertiary/aromatic N) is 4. The fourth-order valence-electron chi connectivity index (χ4n) is 3.08. The molecule has 0 saturated carbocycles. The summed E-state index contributed by atoms with van der Waals surface area (Å²) in [5.41, 5.74) is 3.77. The molecule has 0 spiro atoms.